The summed E-state index contributed by atoms with van der Waals surface area (Å²) >= 11 is 1.48. The molecular weight excluding hydrogens is 140 g/mol. The number of hydrogen-bond acceptors (Lipinski definition) is 3. The molecule has 2 N–H and O–H groups in total. The molecule has 1 heterocycles. The van der Waals surface area contributed by atoms with E-state index in [9.17, 15) is 4.79 Å². The van der Waals surface area contributed by atoms with E-state index >= 15 is 0 Å². The minimum atomic E-state index is -1.43. The van der Waals surface area contributed by atoms with E-state index < -0.39 is 11.6 Å². The quantitative estimate of drug-likeness (QED) is 0.547. The van der Waals surface area contributed by atoms with E-state index in [1.807, 2.05) is 0 Å². The van der Waals surface area contributed by atoms with Gasteiger partial charge in [0.2, 0.25) is 0 Å². The Hall–Kier alpha value is -0.220. The highest BCUT2D eigenvalue weighted by Crippen LogP contribution is 2.27. The van der Waals surface area contributed by atoms with Gasteiger partial charge >= 0.3 is 5.97 Å². The van der Waals surface area contributed by atoms with Gasteiger partial charge in [-0.3, -0.25) is 0 Å². The van der Waals surface area contributed by atoms with Gasteiger partial charge < -0.3 is 10.2 Å². The molecule has 1 atom stereocenters. The molecule has 9 heavy (non-hydrogen) atoms. The number of aliphatic carboxylic acids is 1. The van der Waals surface area contributed by atoms with Gasteiger partial charge in [-0.15, -0.1) is 0 Å². The third-order valence-corrected chi connectivity index (χ3v) is 2.57. The Bertz CT molecular complexity index is 128. The lowest BCUT2D eigenvalue weighted by molar-refractivity contribution is -0.155. The molecule has 0 aromatic carbocycles. The summed E-state index contributed by atoms with van der Waals surface area (Å²) in [5, 5.41) is 17.6. The Kier molecular flexibility index (Phi) is 1.68. The van der Waals surface area contributed by atoms with E-state index in [-0.39, 0.29) is 0 Å². The van der Waals surface area contributed by atoms with Crippen LogP contribution in [0.2, 0.25) is 0 Å². The van der Waals surface area contributed by atoms with Crippen molar-refractivity contribution in [1.82, 2.24) is 0 Å². The van der Waals surface area contributed by atoms with Crippen LogP contribution in [0.5, 0.6) is 0 Å². The van der Waals surface area contributed by atoms with Crippen molar-refractivity contribution in [3.63, 3.8) is 0 Å². The molecule has 0 radical (unpaired) electrons. The van der Waals surface area contributed by atoms with Gasteiger partial charge in [0.25, 0.3) is 0 Å². The van der Waals surface area contributed by atoms with Gasteiger partial charge in [-0.2, -0.15) is 11.8 Å². The number of hydrogen-bond donors (Lipinski definition) is 2. The first kappa shape index (κ1) is 6.89. The Morgan fingerprint density at radius 3 is 2.56 bits per heavy atom. The molecule has 0 saturated carbocycles. The van der Waals surface area contributed by atoms with Gasteiger partial charge in [0.15, 0.2) is 5.60 Å². The highest BCUT2D eigenvalue weighted by Gasteiger charge is 2.39. The molecule has 0 bridgehead atoms. The largest absolute Gasteiger partial charge is 0.479 e. The minimum absolute atomic E-state index is 0.336. The van der Waals surface area contributed by atoms with Crippen LogP contribution in [-0.2, 0) is 4.79 Å². The maximum absolute atomic E-state index is 10.3. The lowest BCUT2D eigenvalue weighted by Gasteiger charge is -2.13. The molecule has 1 unspecified atom stereocenters. The van der Waals surface area contributed by atoms with Crippen LogP contribution in [0.3, 0.4) is 0 Å². The fourth-order valence-electron chi connectivity index (χ4n) is 0.723. The fraction of sp³-hybridized carbons (Fsp3) is 0.800. The second kappa shape index (κ2) is 2.19. The normalized spacial score (nSPS) is 34.8. The van der Waals surface area contributed by atoms with Gasteiger partial charge in [0.1, 0.15) is 0 Å². The molecule has 0 aromatic heterocycles. The molecule has 4 heteroatoms. The van der Waals surface area contributed by atoms with Crippen LogP contribution in [0.4, 0.5) is 0 Å². The van der Waals surface area contributed by atoms with E-state index in [4.69, 9.17) is 10.2 Å². The van der Waals surface area contributed by atoms with Crippen LogP contribution in [0, 0.1) is 0 Å². The average molecular weight is 148 g/mol. The zero-order valence-electron chi connectivity index (χ0n) is 4.83. The van der Waals surface area contributed by atoms with Gasteiger partial charge in [0, 0.05) is 5.75 Å². The third-order valence-electron chi connectivity index (χ3n) is 1.40. The van der Waals surface area contributed by atoms with Crippen molar-refractivity contribution in [2.75, 3.05) is 11.5 Å². The molecule has 52 valence electrons. The van der Waals surface area contributed by atoms with E-state index in [1.165, 1.54) is 11.8 Å². The Morgan fingerprint density at radius 1 is 1.67 bits per heavy atom. The molecule has 3 nitrogen and oxygen atoms in total. The van der Waals surface area contributed by atoms with Crippen LogP contribution >= 0.6 is 11.8 Å². The molecule has 0 aliphatic carbocycles. The van der Waals surface area contributed by atoms with E-state index in [2.05, 4.69) is 0 Å². The Morgan fingerprint density at radius 2 is 2.33 bits per heavy atom. The van der Waals surface area contributed by atoms with Crippen LogP contribution in [0.15, 0.2) is 0 Å². The standard InChI is InChI=1S/C5H8O3S/c6-4(7)5(8)1-2-9-3-5/h8H,1-3H2,(H,6,7). The topological polar surface area (TPSA) is 57.5 Å². The maximum atomic E-state index is 10.3. The summed E-state index contributed by atoms with van der Waals surface area (Å²) in [6.07, 6.45) is 0.382. The van der Waals surface area contributed by atoms with Crippen LogP contribution in [0.25, 0.3) is 0 Å². The molecular formula is C5H8O3S. The molecule has 0 spiro atoms. The lowest BCUT2D eigenvalue weighted by atomic mass is 10.1. The van der Waals surface area contributed by atoms with Crippen molar-refractivity contribution in [3.8, 4) is 0 Å². The van der Waals surface area contributed by atoms with Crippen molar-refractivity contribution in [1.29, 1.82) is 0 Å². The fourth-order valence-corrected chi connectivity index (χ4v) is 1.95. The molecule has 0 amide bonds. The minimum Gasteiger partial charge on any atom is -0.479 e. The Labute approximate surface area is 57.1 Å². The lowest BCUT2D eigenvalue weighted by Crippen LogP contribution is -2.37. The summed E-state index contributed by atoms with van der Waals surface area (Å²) in [6, 6.07) is 0. The number of thioether (sulfide) groups is 1. The van der Waals surface area contributed by atoms with Crippen molar-refractivity contribution >= 4 is 17.7 Å². The Balaban J connectivity index is 2.61. The highest BCUT2D eigenvalue weighted by molar-refractivity contribution is 7.99. The number of carbonyl (C=O) groups is 1. The third kappa shape index (κ3) is 1.19. The number of carboxylic acid groups (broad SMARTS) is 1. The van der Waals surface area contributed by atoms with Crippen molar-refractivity contribution in [2.45, 2.75) is 12.0 Å². The maximum Gasteiger partial charge on any atom is 0.336 e. The predicted molar refractivity (Wildman–Crippen MR) is 34.5 cm³/mol. The predicted octanol–water partition coefficient (Wildman–Crippen LogP) is -0.0610. The van der Waals surface area contributed by atoms with E-state index in [0.29, 0.717) is 12.2 Å². The van der Waals surface area contributed by atoms with Gasteiger partial charge in [-0.25, -0.2) is 4.79 Å². The van der Waals surface area contributed by atoms with Crippen molar-refractivity contribution in [2.24, 2.45) is 0 Å². The highest BCUT2D eigenvalue weighted by atomic mass is 32.2. The van der Waals surface area contributed by atoms with Crippen LogP contribution in [-0.4, -0.2) is 33.3 Å². The van der Waals surface area contributed by atoms with Gasteiger partial charge in [-0.05, 0) is 12.2 Å². The summed E-state index contributed by atoms with van der Waals surface area (Å²) < 4.78 is 0. The number of aliphatic hydroxyl groups is 1. The zero-order chi connectivity index (χ0) is 6.91. The molecule has 1 fully saturated rings. The summed E-state index contributed by atoms with van der Waals surface area (Å²) in [6.45, 7) is 0. The number of carboxylic acids is 1. The first-order valence-corrected chi connectivity index (χ1v) is 3.84. The second-order valence-electron chi connectivity index (χ2n) is 2.14. The summed E-state index contributed by atoms with van der Waals surface area (Å²) in [5.41, 5.74) is -1.43. The second-order valence-corrected chi connectivity index (χ2v) is 3.24. The van der Waals surface area contributed by atoms with Crippen LogP contribution < -0.4 is 0 Å². The van der Waals surface area contributed by atoms with Gasteiger partial charge in [0.05, 0.1) is 0 Å². The summed E-state index contributed by atoms with van der Waals surface area (Å²) in [4.78, 5) is 10.3. The smallest absolute Gasteiger partial charge is 0.336 e. The molecule has 1 rings (SSSR count). The first-order valence-electron chi connectivity index (χ1n) is 2.69. The first-order chi connectivity index (χ1) is 4.15. The molecule has 1 aliphatic rings. The van der Waals surface area contributed by atoms with Crippen molar-refractivity contribution in [3.05, 3.63) is 0 Å². The van der Waals surface area contributed by atoms with E-state index in [0.717, 1.165) is 5.75 Å². The number of rotatable bonds is 1. The van der Waals surface area contributed by atoms with Crippen molar-refractivity contribution < 1.29 is 15.0 Å². The van der Waals surface area contributed by atoms with E-state index in [1.54, 1.807) is 0 Å². The molecule has 1 saturated heterocycles. The summed E-state index contributed by atoms with van der Waals surface area (Å²) in [5.74, 6) is -0.00185. The zero-order valence-corrected chi connectivity index (χ0v) is 5.65. The SMILES string of the molecule is O=C(O)C1(O)CCSC1. The van der Waals surface area contributed by atoms with Crippen LogP contribution in [0.1, 0.15) is 6.42 Å². The monoisotopic (exact) mass is 148 g/mol. The summed E-state index contributed by atoms with van der Waals surface area (Å²) in [7, 11) is 0. The molecule has 1 aliphatic heterocycles. The average Bonchev–Trinajstić information content (AvgIpc) is 2.16. The molecule has 0 aromatic rings. The van der Waals surface area contributed by atoms with Gasteiger partial charge in [-0.1, -0.05) is 0 Å².